The van der Waals surface area contributed by atoms with E-state index in [0.29, 0.717) is 24.3 Å². The van der Waals surface area contributed by atoms with Gasteiger partial charge in [0.15, 0.2) is 5.82 Å². The van der Waals surface area contributed by atoms with Gasteiger partial charge in [-0.1, -0.05) is 24.4 Å². The van der Waals surface area contributed by atoms with Gasteiger partial charge in [0, 0.05) is 37.1 Å². The molecule has 8 heteroatoms. The number of piperidine rings is 1. The zero-order valence-electron chi connectivity index (χ0n) is 16.0. The van der Waals surface area contributed by atoms with Crippen molar-refractivity contribution in [3.63, 3.8) is 0 Å². The van der Waals surface area contributed by atoms with Gasteiger partial charge in [-0.2, -0.15) is 4.98 Å². The maximum atomic E-state index is 12.6. The fourth-order valence-corrected chi connectivity index (χ4v) is 3.89. The lowest BCUT2D eigenvalue weighted by molar-refractivity contribution is -0.00405. The van der Waals surface area contributed by atoms with Gasteiger partial charge < -0.3 is 19.5 Å². The van der Waals surface area contributed by atoms with Crippen molar-refractivity contribution in [3.05, 3.63) is 30.4 Å². The van der Waals surface area contributed by atoms with Crippen LogP contribution in [0.3, 0.4) is 0 Å². The highest BCUT2D eigenvalue weighted by atomic mass is 16.5. The molecule has 2 amide bonds. The van der Waals surface area contributed by atoms with Gasteiger partial charge in [0.05, 0.1) is 6.10 Å². The first-order valence-corrected chi connectivity index (χ1v) is 10.2. The predicted octanol–water partition coefficient (Wildman–Crippen LogP) is 3.15. The van der Waals surface area contributed by atoms with Crippen molar-refractivity contribution in [2.75, 3.05) is 13.1 Å². The monoisotopic (exact) mass is 385 g/mol. The number of hydrogen-bond acceptors (Lipinski definition) is 6. The average Bonchev–Trinajstić information content (AvgIpc) is 3.23. The lowest BCUT2D eigenvalue weighted by Gasteiger charge is -2.34. The molecule has 1 aliphatic heterocycles. The summed E-state index contributed by atoms with van der Waals surface area (Å²) in [5, 5.41) is 7.18. The van der Waals surface area contributed by atoms with Crippen LogP contribution in [0.25, 0.3) is 11.5 Å². The average molecular weight is 385 g/mol. The van der Waals surface area contributed by atoms with Crippen LogP contribution in [0.5, 0.6) is 0 Å². The lowest BCUT2D eigenvalue weighted by atomic mass is 9.96. The third-order valence-corrected chi connectivity index (χ3v) is 5.44. The molecule has 2 aromatic heterocycles. The lowest BCUT2D eigenvalue weighted by Crippen LogP contribution is -2.50. The summed E-state index contributed by atoms with van der Waals surface area (Å²) in [4.78, 5) is 22.8. The molecule has 1 N–H and O–H groups in total. The van der Waals surface area contributed by atoms with Crippen molar-refractivity contribution in [2.24, 2.45) is 0 Å². The van der Waals surface area contributed by atoms with Crippen molar-refractivity contribution in [3.8, 4) is 11.5 Å². The van der Waals surface area contributed by atoms with Crippen LogP contribution >= 0.6 is 0 Å². The van der Waals surface area contributed by atoms with Gasteiger partial charge in [0.25, 0.3) is 5.89 Å². The summed E-state index contributed by atoms with van der Waals surface area (Å²) < 4.78 is 11.3. The molecule has 1 atom stereocenters. The minimum atomic E-state index is -0.00580. The van der Waals surface area contributed by atoms with E-state index < -0.39 is 0 Å². The van der Waals surface area contributed by atoms with Crippen molar-refractivity contribution in [2.45, 2.75) is 63.7 Å². The van der Waals surface area contributed by atoms with Gasteiger partial charge in [0.2, 0.25) is 0 Å². The second kappa shape index (κ2) is 9.14. The van der Waals surface area contributed by atoms with E-state index in [1.165, 1.54) is 19.3 Å². The second-order valence-electron chi connectivity index (χ2n) is 7.56. The molecule has 2 aliphatic rings. The third-order valence-electron chi connectivity index (χ3n) is 5.44. The van der Waals surface area contributed by atoms with Gasteiger partial charge in [-0.05, 0) is 37.8 Å². The minimum absolute atomic E-state index is 0.00580. The summed E-state index contributed by atoms with van der Waals surface area (Å²) in [6.07, 6.45) is 11.1. The number of nitrogens with one attached hydrogen (secondary N) is 1. The number of ether oxygens (including phenoxy) is 1. The quantitative estimate of drug-likeness (QED) is 0.850. The van der Waals surface area contributed by atoms with E-state index in [-0.39, 0.29) is 18.7 Å². The van der Waals surface area contributed by atoms with Crippen LogP contribution in [0, 0.1) is 0 Å². The van der Waals surface area contributed by atoms with Gasteiger partial charge in [0.1, 0.15) is 6.61 Å². The zero-order chi connectivity index (χ0) is 19.2. The number of aromatic nitrogens is 3. The van der Waals surface area contributed by atoms with E-state index in [1.807, 2.05) is 17.0 Å². The van der Waals surface area contributed by atoms with Gasteiger partial charge in [-0.3, -0.25) is 4.98 Å². The van der Waals surface area contributed by atoms with E-state index in [4.69, 9.17) is 9.26 Å². The first-order valence-electron chi connectivity index (χ1n) is 10.2. The zero-order valence-corrected chi connectivity index (χ0v) is 16.0. The molecule has 3 heterocycles. The van der Waals surface area contributed by atoms with E-state index in [1.54, 1.807) is 12.4 Å². The van der Waals surface area contributed by atoms with E-state index in [9.17, 15) is 4.79 Å². The number of carbonyl (C=O) groups excluding carboxylic acids is 1. The molecule has 1 unspecified atom stereocenters. The van der Waals surface area contributed by atoms with Crippen molar-refractivity contribution in [1.29, 1.82) is 0 Å². The number of likely N-dealkylation sites (tertiary alicyclic amines) is 1. The first kappa shape index (κ1) is 18.9. The van der Waals surface area contributed by atoms with Crippen molar-refractivity contribution >= 4 is 6.03 Å². The number of rotatable bonds is 5. The SMILES string of the molecule is O=C(NC1CCCCC1)N1CCCC(OCc2noc(-c3ccncc3)n2)C1. The van der Waals surface area contributed by atoms with Gasteiger partial charge in [-0.25, -0.2) is 4.79 Å². The predicted molar refractivity (Wildman–Crippen MR) is 102 cm³/mol. The van der Waals surface area contributed by atoms with Gasteiger partial charge in [-0.15, -0.1) is 0 Å². The Morgan fingerprint density at radius 1 is 1.18 bits per heavy atom. The van der Waals surface area contributed by atoms with Crippen LogP contribution in [0.15, 0.2) is 29.0 Å². The fraction of sp³-hybridized carbons (Fsp3) is 0.600. The Morgan fingerprint density at radius 3 is 2.82 bits per heavy atom. The Morgan fingerprint density at radius 2 is 2.00 bits per heavy atom. The molecule has 1 aliphatic carbocycles. The Hall–Kier alpha value is -2.48. The number of amides is 2. The van der Waals surface area contributed by atoms with E-state index in [2.05, 4.69) is 20.4 Å². The molecular formula is C20H27N5O3. The molecule has 0 spiro atoms. The Kier molecular flexibility index (Phi) is 6.16. The third kappa shape index (κ3) is 4.86. The summed E-state index contributed by atoms with van der Waals surface area (Å²) in [6.45, 7) is 1.66. The minimum Gasteiger partial charge on any atom is -0.368 e. The van der Waals surface area contributed by atoms with E-state index >= 15 is 0 Å². The molecule has 1 saturated carbocycles. The molecule has 150 valence electrons. The van der Waals surface area contributed by atoms with Gasteiger partial charge >= 0.3 is 6.03 Å². The fourth-order valence-electron chi connectivity index (χ4n) is 3.89. The molecule has 0 bridgehead atoms. The number of carbonyl (C=O) groups is 1. The van der Waals surface area contributed by atoms with Crippen LogP contribution in [0.1, 0.15) is 50.8 Å². The number of urea groups is 1. The molecular weight excluding hydrogens is 358 g/mol. The highest BCUT2D eigenvalue weighted by Gasteiger charge is 2.26. The van der Waals surface area contributed by atoms with Crippen LogP contribution in [0.2, 0.25) is 0 Å². The topological polar surface area (TPSA) is 93.4 Å². The molecule has 28 heavy (non-hydrogen) atoms. The van der Waals surface area contributed by atoms with Crippen LogP contribution in [0.4, 0.5) is 4.79 Å². The first-order chi connectivity index (χ1) is 13.8. The summed E-state index contributed by atoms with van der Waals surface area (Å²) in [6, 6.07) is 4.01. The number of pyridine rings is 1. The Bertz CT molecular complexity index is 760. The summed E-state index contributed by atoms with van der Waals surface area (Å²) in [5.74, 6) is 0.966. The summed E-state index contributed by atoms with van der Waals surface area (Å²) in [5.41, 5.74) is 0.831. The van der Waals surface area contributed by atoms with Crippen molar-refractivity contribution in [1.82, 2.24) is 25.3 Å². The normalized spacial score (nSPS) is 20.9. The number of nitrogens with zero attached hydrogens (tertiary/aromatic N) is 4. The molecule has 2 aromatic rings. The molecule has 0 radical (unpaired) electrons. The highest BCUT2D eigenvalue weighted by Crippen LogP contribution is 2.20. The molecule has 2 fully saturated rings. The smallest absolute Gasteiger partial charge is 0.317 e. The maximum Gasteiger partial charge on any atom is 0.317 e. The summed E-state index contributed by atoms with van der Waals surface area (Å²) >= 11 is 0. The van der Waals surface area contributed by atoms with Crippen molar-refractivity contribution < 1.29 is 14.1 Å². The highest BCUT2D eigenvalue weighted by molar-refractivity contribution is 5.74. The Labute approximate surface area is 164 Å². The summed E-state index contributed by atoms with van der Waals surface area (Å²) in [7, 11) is 0. The maximum absolute atomic E-state index is 12.6. The molecule has 0 aromatic carbocycles. The van der Waals surface area contributed by atoms with Crippen LogP contribution in [-0.4, -0.2) is 51.3 Å². The second-order valence-corrected chi connectivity index (χ2v) is 7.56. The van der Waals surface area contributed by atoms with Crippen LogP contribution < -0.4 is 5.32 Å². The van der Waals surface area contributed by atoms with Crippen LogP contribution in [-0.2, 0) is 11.3 Å². The largest absolute Gasteiger partial charge is 0.368 e. The van der Waals surface area contributed by atoms with E-state index in [0.717, 1.165) is 37.8 Å². The molecule has 1 saturated heterocycles. The molecule has 8 nitrogen and oxygen atoms in total. The number of hydrogen-bond donors (Lipinski definition) is 1. The Balaban J connectivity index is 1.26. The standard InChI is InChI=1S/C20H27N5O3/c26-20(22-16-5-2-1-3-6-16)25-12-4-7-17(13-25)27-14-18-23-19(28-24-18)15-8-10-21-11-9-15/h8-11,16-17H,1-7,12-14H2,(H,22,26). The molecule has 4 rings (SSSR count).